The molecular formula is C30H38O15. The number of phenolic OH excluding ortho intramolecular Hbond substituents is 3. The van der Waals surface area contributed by atoms with E-state index >= 15 is 0 Å². The number of aromatic hydroxyl groups is 3. The number of aliphatic hydroxyl groups is 5. The van der Waals surface area contributed by atoms with Gasteiger partial charge in [-0.05, 0) is 54.8 Å². The van der Waals surface area contributed by atoms with Crippen LogP contribution in [0.15, 0.2) is 42.5 Å². The molecule has 0 bridgehead atoms. The molecule has 15 heteroatoms. The number of phenols is 3. The Hall–Kier alpha value is -3.51. The third-order valence-electron chi connectivity index (χ3n) is 7.47. The topological polar surface area (TPSA) is 234 Å². The van der Waals surface area contributed by atoms with E-state index in [1.807, 2.05) is 0 Å². The largest absolute Gasteiger partial charge is 0.504 e. The molecule has 0 spiro atoms. The average Bonchev–Trinajstić information content (AvgIpc) is 3.02. The summed E-state index contributed by atoms with van der Waals surface area (Å²) in [5.41, 5.74) is 1.07. The van der Waals surface area contributed by atoms with Crippen molar-refractivity contribution in [2.75, 3.05) is 20.3 Å². The van der Waals surface area contributed by atoms with Crippen molar-refractivity contribution in [1.82, 2.24) is 0 Å². The zero-order valence-electron chi connectivity index (χ0n) is 24.4. The molecule has 2 fully saturated rings. The van der Waals surface area contributed by atoms with Crippen molar-refractivity contribution < 1.29 is 74.1 Å². The Bertz CT molecular complexity index is 1320. The van der Waals surface area contributed by atoms with Gasteiger partial charge in [0.2, 0.25) is 0 Å². The van der Waals surface area contributed by atoms with Crippen LogP contribution in [-0.4, -0.2) is 129 Å². The molecule has 0 radical (unpaired) electrons. The van der Waals surface area contributed by atoms with Gasteiger partial charge in [0.1, 0.15) is 36.6 Å². The van der Waals surface area contributed by atoms with E-state index in [1.54, 1.807) is 6.07 Å². The first-order valence-corrected chi connectivity index (χ1v) is 14.1. The SMILES string of the molecule is COc1cc(C=CC(=O)O[C@H]2[C@H](O[C@@H]3O[C@@H](C)[C@H](O)[C@H](O)[C@H]3O)[C@@H](O)[C@H](OCCc3ccc(O)c(O)c3)O[C@@H]2CO)ccc1O. The van der Waals surface area contributed by atoms with Crippen LogP contribution in [0.4, 0.5) is 0 Å². The van der Waals surface area contributed by atoms with E-state index in [0.29, 0.717) is 11.1 Å². The quantitative estimate of drug-likeness (QED) is 0.0862. The highest BCUT2D eigenvalue weighted by atomic mass is 16.7. The van der Waals surface area contributed by atoms with Gasteiger partial charge in [0.15, 0.2) is 41.7 Å². The second kappa shape index (κ2) is 15.2. The molecule has 2 heterocycles. The lowest BCUT2D eigenvalue weighted by Gasteiger charge is -2.46. The zero-order valence-corrected chi connectivity index (χ0v) is 24.4. The highest BCUT2D eigenvalue weighted by molar-refractivity contribution is 5.87. The average molecular weight is 639 g/mol. The molecule has 0 amide bonds. The Morgan fingerprint density at radius 2 is 1.60 bits per heavy atom. The van der Waals surface area contributed by atoms with Crippen molar-refractivity contribution in [3.8, 4) is 23.0 Å². The summed E-state index contributed by atoms with van der Waals surface area (Å²) >= 11 is 0. The number of benzene rings is 2. The maximum absolute atomic E-state index is 12.9. The van der Waals surface area contributed by atoms with Crippen molar-refractivity contribution in [1.29, 1.82) is 0 Å². The second-order valence-electron chi connectivity index (χ2n) is 10.6. The first kappa shape index (κ1) is 34.4. The van der Waals surface area contributed by atoms with Crippen LogP contribution in [0.1, 0.15) is 18.1 Å². The molecule has 2 aromatic rings. The van der Waals surface area contributed by atoms with Crippen LogP contribution >= 0.6 is 0 Å². The van der Waals surface area contributed by atoms with Gasteiger partial charge in [-0.15, -0.1) is 0 Å². The van der Waals surface area contributed by atoms with Crippen molar-refractivity contribution >= 4 is 12.0 Å². The summed E-state index contributed by atoms with van der Waals surface area (Å²) in [5.74, 6) is -1.49. The minimum atomic E-state index is -1.76. The van der Waals surface area contributed by atoms with Gasteiger partial charge < -0.3 is 69.3 Å². The Kier molecular flexibility index (Phi) is 11.6. The number of carbonyl (C=O) groups excluding carboxylic acids is 1. The minimum absolute atomic E-state index is 0.0649. The number of hydrogen-bond donors (Lipinski definition) is 8. The number of carbonyl (C=O) groups is 1. The van der Waals surface area contributed by atoms with Gasteiger partial charge in [-0.2, -0.15) is 0 Å². The van der Waals surface area contributed by atoms with E-state index in [2.05, 4.69) is 0 Å². The number of esters is 1. The Balaban J connectivity index is 1.52. The Morgan fingerprint density at radius 3 is 2.29 bits per heavy atom. The molecule has 2 aliphatic rings. The third kappa shape index (κ3) is 8.21. The van der Waals surface area contributed by atoms with Gasteiger partial charge in [0, 0.05) is 6.08 Å². The number of hydrogen-bond acceptors (Lipinski definition) is 15. The Labute approximate surface area is 258 Å². The first-order chi connectivity index (χ1) is 21.4. The predicted octanol–water partition coefficient (Wildman–Crippen LogP) is -0.713. The number of rotatable bonds is 11. The molecule has 10 atom stereocenters. The molecule has 45 heavy (non-hydrogen) atoms. The molecule has 4 rings (SSSR count). The summed E-state index contributed by atoms with van der Waals surface area (Å²) < 4.78 is 33.4. The molecule has 248 valence electrons. The highest BCUT2D eigenvalue weighted by Gasteiger charge is 2.52. The standard InChI is InChI=1S/C30H38O15/c1-14-23(36)24(37)25(38)30(42-14)45-28-26(39)29(41-10-9-16-3-6-17(32)19(34)11-16)43-21(13-31)27(28)44-22(35)8-5-15-4-7-18(33)20(12-15)40-2/h3-8,11-12,14,21,23-34,36-39H,9-10,13H2,1-2H3/t14-,21+,23-,24-,25+,26+,27+,28+,29+,30-/m0/s1. The van der Waals surface area contributed by atoms with Crippen molar-refractivity contribution in [3.05, 3.63) is 53.6 Å². The molecular weight excluding hydrogens is 600 g/mol. The molecule has 2 aliphatic heterocycles. The first-order valence-electron chi connectivity index (χ1n) is 14.1. The smallest absolute Gasteiger partial charge is 0.331 e. The maximum atomic E-state index is 12.9. The molecule has 8 N–H and O–H groups in total. The molecule has 0 aliphatic carbocycles. The van der Waals surface area contributed by atoms with Crippen LogP contribution in [-0.2, 0) is 34.9 Å². The summed E-state index contributed by atoms with van der Waals surface area (Å²) in [7, 11) is 1.36. The molecule has 0 saturated carbocycles. The fourth-order valence-corrected chi connectivity index (χ4v) is 4.91. The molecule has 0 aromatic heterocycles. The van der Waals surface area contributed by atoms with E-state index in [-0.39, 0.29) is 36.0 Å². The van der Waals surface area contributed by atoms with E-state index < -0.39 is 74.0 Å². The third-order valence-corrected chi connectivity index (χ3v) is 7.47. The number of ether oxygens (including phenoxy) is 6. The van der Waals surface area contributed by atoms with Gasteiger partial charge in [-0.3, -0.25) is 0 Å². The summed E-state index contributed by atoms with van der Waals surface area (Å²) in [6.07, 6.45) is -12.3. The predicted molar refractivity (Wildman–Crippen MR) is 152 cm³/mol. The molecule has 0 unspecified atom stereocenters. The van der Waals surface area contributed by atoms with Crippen LogP contribution in [0.2, 0.25) is 0 Å². The van der Waals surface area contributed by atoms with E-state index in [4.69, 9.17) is 28.4 Å². The van der Waals surface area contributed by atoms with Crippen molar-refractivity contribution in [3.63, 3.8) is 0 Å². The summed E-state index contributed by atoms with van der Waals surface area (Å²) in [5, 5.41) is 81.4. The maximum Gasteiger partial charge on any atom is 0.331 e. The lowest BCUT2D eigenvalue weighted by molar-refractivity contribution is -0.357. The number of aliphatic hydroxyl groups excluding tert-OH is 5. The van der Waals surface area contributed by atoms with E-state index in [9.17, 15) is 45.6 Å². The monoisotopic (exact) mass is 638 g/mol. The van der Waals surface area contributed by atoms with Gasteiger partial charge in [0.25, 0.3) is 0 Å². The van der Waals surface area contributed by atoms with Gasteiger partial charge >= 0.3 is 5.97 Å². The lowest BCUT2D eigenvalue weighted by Crippen LogP contribution is -2.65. The minimum Gasteiger partial charge on any atom is -0.504 e. The van der Waals surface area contributed by atoms with Crippen molar-refractivity contribution in [2.24, 2.45) is 0 Å². The molecule has 15 nitrogen and oxygen atoms in total. The van der Waals surface area contributed by atoms with E-state index in [0.717, 1.165) is 6.08 Å². The molecule has 2 saturated heterocycles. The van der Waals surface area contributed by atoms with Crippen LogP contribution in [0.5, 0.6) is 23.0 Å². The van der Waals surface area contributed by atoms with Crippen LogP contribution in [0, 0.1) is 0 Å². The molecule has 2 aromatic carbocycles. The van der Waals surface area contributed by atoms with E-state index in [1.165, 1.54) is 50.4 Å². The zero-order chi connectivity index (χ0) is 32.8. The Morgan fingerprint density at radius 1 is 0.867 bits per heavy atom. The van der Waals surface area contributed by atoms with Crippen LogP contribution < -0.4 is 4.74 Å². The fourth-order valence-electron chi connectivity index (χ4n) is 4.91. The normalized spacial score (nSPS) is 32.0. The second-order valence-corrected chi connectivity index (χ2v) is 10.6. The van der Waals surface area contributed by atoms with Crippen molar-refractivity contribution in [2.45, 2.75) is 74.8 Å². The van der Waals surface area contributed by atoms with Crippen LogP contribution in [0.25, 0.3) is 6.08 Å². The highest BCUT2D eigenvalue weighted by Crippen LogP contribution is 2.32. The van der Waals surface area contributed by atoms with Gasteiger partial charge in [-0.25, -0.2) is 4.79 Å². The lowest BCUT2D eigenvalue weighted by atomic mass is 9.97. The van der Waals surface area contributed by atoms with Crippen LogP contribution in [0.3, 0.4) is 0 Å². The van der Waals surface area contributed by atoms with Gasteiger partial charge in [0.05, 0.1) is 26.4 Å². The summed E-state index contributed by atoms with van der Waals surface area (Å²) in [6, 6.07) is 8.54. The fraction of sp³-hybridized carbons (Fsp3) is 0.500. The summed E-state index contributed by atoms with van der Waals surface area (Å²) in [6.45, 7) is 0.645. The summed E-state index contributed by atoms with van der Waals surface area (Å²) in [4.78, 5) is 12.9. The number of methoxy groups -OCH3 is 1. The van der Waals surface area contributed by atoms with Gasteiger partial charge in [-0.1, -0.05) is 12.1 Å².